The van der Waals surface area contributed by atoms with Gasteiger partial charge in [-0.25, -0.2) is 4.40 Å². The summed E-state index contributed by atoms with van der Waals surface area (Å²) in [5, 5.41) is 2.67. The van der Waals surface area contributed by atoms with Crippen molar-refractivity contribution in [3.63, 3.8) is 0 Å². The Balaban J connectivity index is 2.27. The van der Waals surface area contributed by atoms with Gasteiger partial charge in [-0.3, -0.25) is 0 Å². The molecule has 0 aliphatic carbocycles. The maximum absolute atomic E-state index is 7.96. The van der Waals surface area contributed by atoms with E-state index >= 15 is 0 Å². The molecule has 0 spiro atoms. The van der Waals surface area contributed by atoms with Gasteiger partial charge < -0.3 is 0 Å². The van der Waals surface area contributed by atoms with Crippen LogP contribution in [-0.4, -0.2) is 10.9 Å². The second kappa shape index (κ2) is 5.12. The van der Waals surface area contributed by atoms with Gasteiger partial charge in [-0.2, -0.15) is 0 Å². The first-order valence-corrected chi connectivity index (χ1v) is 12.4. The fourth-order valence-electron chi connectivity index (χ4n) is 3.61. The van der Waals surface area contributed by atoms with Crippen molar-refractivity contribution in [3.05, 3.63) is 78.2 Å². The normalized spacial score (nSPS) is 23.3. The van der Waals surface area contributed by atoms with Gasteiger partial charge in [0.25, 0.3) is 0 Å². The van der Waals surface area contributed by atoms with Crippen LogP contribution in [0.2, 0.25) is 0 Å². The summed E-state index contributed by atoms with van der Waals surface area (Å²) in [5.41, 5.74) is 0. The third kappa shape index (κ3) is 1.81. The zero-order valence-electron chi connectivity index (χ0n) is 12.9. The summed E-state index contributed by atoms with van der Waals surface area (Å²) in [4.78, 5) is 2.09. The summed E-state index contributed by atoms with van der Waals surface area (Å²) in [6.07, 6.45) is 0.689. The monoisotopic (exact) mass is 393 g/mol. The summed E-state index contributed by atoms with van der Waals surface area (Å²) in [6.45, 7) is 0. The molecule has 1 aliphatic rings. The molecule has 0 bridgehead atoms. The zero-order chi connectivity index (χ0) is 16.7. The second-order valence-electron chi connectivity index (χ2n) is 6.03. The predicted molar refractivity (Wildman–Crippen MR) is 108 cm³/mol. The molecule has 0 atom stereocenters. The number of halogens is 2. The third-order valence-electron chi connectivity index (χ3n) is 4.80. The molecule has 0 saturated heterocycles. The molecule has 5 heteroatoms. The number of nitrogens with zero attached hydrogens (tertiary/aromatic N) is 1. The summed E-state index contributed by atoms with van der Waals surface area (Å²) in [5.74, 6) is 0.703. The Bertz CT molecular complexity index is 881. The van der Waals surface area contributed by atoms with E-state index in [-0.39, 0.29) is 0 Å². The van der Waals surface area contributed by atoms with Crippen molar-refractivity contribution in [3.8, 4) is 0 Å². The quantitative estimate of drug-likeness (QED) is 0.445. The largest absolute Gasteiger partial charge is 0.221 e. The lowest BCUT2D eigenvalue weighted by Crippen LogP contribution is -2.29. The molecular formula is C19H17Cl2NS2. The highest BCUT2D eigenvalue weighted by Gasteiger charge is 2.66. The first-order valence-electron chi connectivity index (χ1n) is 7.72. The van der Waals surface area contributed by atoms with Crippen LogP contribution in [0.3, 0.4) is 0 Å². The van der Waals surface area contributed by atoms with Crippen molar-refractivity contribution in [1.29, 1.82) is 0 Å². The predicted octanol–water partition coefficient (Wildman–Crippen LogP) is 7.21. The Kier molecular flexibility index (Phi) is 3.46. The molecule has 1 nitrogen and oxygen atoms in total. The van der Waals surface area contributed by atoms with E-state index in [0.29, 0.717) is 17.3 Å². The summed E-state index contributed by atoms with van der Waals surface area (Å²) < 4.78 is 6.23. The third-order valence-corrected chi connectivity index (χ3v) is 15.9. The van der Waals surface area contributed by atoms with Crippen LogP contribution in [0.4, 0.5) is 0 Å². The van der Waals surface area contributed by atoms with Crippen LogP contribution in [-0.2, 0) is 0 Å². The summed E-state index contributed by atoms with van der Waals surface area (Å²) in [7, 11) is 4.11. The van der Waals surface area contributed by atoms with E-state index in [4.69, 9.17) is 26.7 Å². The van der Waals surface area contributed by atoms with Crippen molar-refractivity contribution in [2.24, 2.45) is 4.40 Å². The second-order valence-corrected chi connectivity index (χ2v) is 15.2. The molecule has 0 amide bonds. The van der Waals surface area contributed by atoms with Gasteiger partial charge in [0.05, 0.1) is 4.21 Å². The average Bonchev–Trinajstić information content (AvgIpc) is 3.27. The van der Waals surface area contributed by atoms with Gasteiger partial charge in [0, 0.05) is 22.0 Å². The molecule has 124 valence electrons. The maximum atomic E-state index is 7.96. The lowest BCUT2D eigenvalue weighted by atomic mass is 10.4. The molecule has 3 aromatic rings. The molecule has 2 aromatic carbocycles. The standard InChI is InChI=1S/C19H17Cl2NS2/c20-18-13-15-24(21,22-18,19-12-7-14-23-19,16-8-3-1-4-9-16)17-10-5-2-6-11-17/h1-12,14H,13,15H2. The first kappa shape index (κ1) is 16.2. The van der Waals surface area contributed by atoms with Gasteiger partial charge in [-0.1, -0.05) is 61.8 Å². The number of benzene rings is 2. The van der Waals surface area contributed by atoms with E-state index in [9.17, 15) is 0 Å². The number of hydrogen-bond donors (Lipinski definition) is 0. The van der Waals surface area contributed by atoms with E-state index in [2.05, 4.69) is 35.7 Å². The minimum atomic E-state index is -3.85. The van der Waals surface area contributed by atoms with Crippen LogP contribution in [0.5, 0.6) is 0 Å². The fourth-order valence-corrected chi connectivity index (χ4v) is 13.8. The minimum absolute atomic E-state index is 0.604. The van der Waals surface area contributed by atoms with Crippen molar-refractivity contribution in [2.75, 3.05) is 5.75 Å². The minimum Gasteiger partial charge on any atom is -0.221 e. The van der Waals surface area contributed by atoms with Gasteiger partial charge in [0.15, 0.2) is 0 Å². The van der Waals surface area contributed by atoms with E-state index in [1.807, 2.05) is 42.5 Å². The smallest absolute Gasteiger partial charge is 0.114 e. The molecule has 24 heavy (non-hydrogen) atoms. The SMILES string of the molecule is ClC1=NS(Cl)(c2ccccc2)(c2ccccc2)(c2cccs2)CC1. The molecule has 4 rings (SSSR count). The lowest BCUT2D eigenvalue weighted by Gasteiger charge is -2.69. The van der Waals surface area contributed by atoms with Crippen LogP contribution in [0, 0.1) is 0 Å². The van der Waals surface area contributed by atoms with Crippen molar-refractivity contribution < 1.29 is 0 Å². The maximum Gasteiger partial charge on any atom is 0.114 e. The van der Waals surface area contributed by atoms with Crippen molar-refractivity contribution in [2.45, 2.75) is 20.4 Å². The van der Waals surface area contributed by atoms with E-state index in [1.165, 1.54) is 0 Å². The van der Waals surface area contributed by atoms with Gasteiger partial charge in [-0.15, -0.1) is 11.3 Å². The van der Waals surface area contributed by atoms with Crippen LogP contribution in [0.15, 0.2) is 96.6 Å². The fraction of sp³-hybridized carbons (Fsp3) is 0.105. The highest BCUT2D eigenvalue weighted by atomic mass is 35.7. The number of rotatable bonds is 3. The highest BCUT2D eigenvalue weighted by molar-refractivity contribution is 8.79. The molecular weight excluding hydrogens is 377 g/mol. The molecule has 0 saturated carbocycles. The van der Waals surface area contributed by atoms with Gasteiger partial charge in [0.1, 0.15) is 5.17 Å². The van der Waals surface area contributed by atoms with E-state index in [0.717, 1.165) is 14.0 Å². The Morgan fingerprint density at radius 1 is 0.833 bits per heavy atom. The molecule has 0 fully saturated rings. The summed E-state index contributed by atoms with van der Waals surface area (Å²) >= 11 is 8.16. The Morgan fingerprint density at radius 2 is 1.42 bits per heavy atom. The number of hydrogen-bond acceptors (Lipinski definition) is 2. The first-order chi connectivity index (χ1) is 11.5. The van der Waals surface area contributed by atoms with Gasteiger partial charge in [-0.05, 0) is 46.4 Å². The Labute approximate surface area is 154 Å². The Hall–Kier alpha value is -1.26. The van der Waals surface area contributed by atoms with E-state index in [1.54, 1.807) is 11.3 Å². The van der Waals surface area contributed by atoms with Crippen molar-refractivity contribution >= 4 is 46.5 Å². The molecule has 1 aliphatic heterocycles. The molecule has 0 N–H and O–H groups in total. The molecule has 1 aromatic heterocycles. The number of thiophene rings is 1. The molecule has 2 heterocycles. The Morgan fingerprint density at radius 3 is 1.83 bits per heavy atom. The molecule has 0 radical (unpaired) electrons. The van der Waals surface area contributed by atoms with Gasteiger partial charge >= 0.3 is 0 Å². The average molecular weight is 394 g/mol. The topological polar surface area (TPSA) is 12.4 Å². The van der Waals surface area contributed by atoms with Crippen LogP contribution in [0.25, 0.3) is 0 Å². The van der Waals surface area contributed by atoms with Crippen LogP contribution >= 0.6 is 41.3 Å². The molecule has 0 unspecified atom stereocenters. The van der Waals surface area contributed by atoms with Crippen molar-refractivity contribution in [1.82, 2.24) is 0 Å². The van der Waals surface area contributed by atoms with Crippen LogP contribution < -0.4 is 0 Å². The van der Waals surface area contributed by atoms with Gasteiger partial charge in [0.2, 0.25) is 0 Å². The van der Waals surface area contributed by atoms with Crippen LogP contribution in [0.1, 0.15) is 6.42 Å². The summed E-state index contributed by atoms with van der Waals surface area (Å²) in [6, 6.07) is 24.7. The zero-order valence-corrected chi connectivity index (χ0v) is 16.1. The lowest BCUT2D eigenvalue weighted by molar-refractivity contribution is 1.21. The highest BCUT2D eigenvalue weighted by Crippen LogP contribution is 3.08. The van der Waals surface area contributed by atoms with E-state index < -0.39 is 7.69 Å².